The number of hydrogen-bond acceptors (Lipinski definition) is 4. The lowest BCUT2D eigenvalue weighted by Crippen LogP contribution is -2.33. The Kier molecular flexibility index (Phi) is 4.99. The van der Waals surface area contributed by atoms with Crippen LogP contribution in [0.1, 0.15) is 6.42 Å². The number of hydrogen-bond donors (Lipinski definition) is 1. The lowest BCUT2D eigenvalue weighted by atomic mass is 10.0. The summed E-state index contributed by atoms with van der Waals surface area (Å²) < 4.78 is 10.3. The van der Waals surface area contributed by atoms with Gasteiger partial charge in [-0.15, -0.1) is 0 Å². The van der Waals surface area contributed by atoms with Crippen LogP contribution in [0, 0.1) is 5.92 Å². The molecule has 0 saturated carbocycles. The van der Waals surface area contributed by atoms with Crippen molar-refractivity contribution in [1.29, 1.82) is 0 Å². The van der Waals surface area contributed by atoms with Gasteiger partial charge in [-0.3, -0.25) is 0 Å². The average molecular weight is 192 g/mol. The number of methoxy groups -OCH3 is 1. The predicted octanol–water partition coefficient (Wildman–Crippen LogP) is 0.721. The van der Waals surface area contributed by atoms with Crippen molar-refractivity contribution in [2.24, 2.45) is 5.92 Å². The number of rotatable bonds is 4. The minimum atomic E-state index is 0.191. The van der Waals surface area contributed by atoms with Crippen LogP contribution in [0.15, 0.2) is 0 Å². The number of thioether (sulfide) groups is 1. The van der Waals surface area contributed by atoms with Gasteiger partial charge in [0.05, 0.1) is 6.10 Å². The third kappa shape index (κ3) is 2.94. The molecule has 1 fully saturated rings. The zero-order valence-corrected chi connectivity index (χ0v) is 8.18. The Labute approximate surface area is 77.4 Å². The molecule has 3 nitrogen and oxygen atoms in total. The minimum Gasteiger partial charge on any atom is -0.396 e. The van der Waals surface area contributed by atoms with E-state index in [1.54, 1.807) is 7.11 Å². The van der Waals surface area contributed by atoms with Gasteiger partial charge in [0.25, 0.3) is 0 Å². The van der Waals surface area contributed by atoms with Crippen molar-refractivity contribution in [1.82, 2.24) is 0 Å². The summed E-state index contributed by atoms with van der Waals surface area (Å²) in [5.41, 5.74) is 0. The maximum Gasteiger partial charge on any atom is 0.146 e. The summed E-state index contributed by atoms with van der Waals surface area (Å²) in [6, 6.07) is 0. The molecule has 2 atom stereocenters. The standard InChI is InChI=1S/C8H16O3S/c1-10-6-11-8-2-3-12-5-7(8)4-9/h7-9H,2-6H2,1H3/t7-,8+/m0/s1. The highest BCUT2D eigenvalue weighted by atomic mass is 32.2. The van der Waals surface area contributed by atoms with Crippen LogP contribution in [0.5, 0.6) is 0 Å². The van der Waals surface area contributed by atoms with E-state index in [2.05, 4.69) is 0 Å². The van der Waals surface area contributed by atoms with E-state index in [9.17, 15) is 0 Å². The maximum absolute atomic E-state index is 9.03. The maximum atomic E-state index is 9.03. The van der Waals surface area contributed by atoms with Gasteiger partial charge in [-0.25, -0.2) is 0 Å². The molecule has 1 N–H and O–H groups in total. The zero-order valence-electron chi connectivity index (χ0n) is 7.36. The van der Waals surface area contributed by atoms with E-state index in [1.165, 1.54) is 0 Å². The van der Waals surface area contributed by atoms with Crippen LogP contribution in [0.25, 0.3) is 0 Å². The Morgan fingerprint density at radius 1 is 1.58 bits per heavy atom. The molecule has 0 aromatic heterocycles. The highest BCUT2D eigenvalue weighted by molar-refractivity contribution is 7.99. The summed E-state index contributed by atoms with van der Waals surface area (Å²) >= 11 is 1.88. The Morgan fingerprint density at radius 3 is 3.08 bits per heavy atom. The summed E-state index contributed by atoms with van der Waals surface area (Å²) in [5.74, 6) is 2.43. The molecule has 4 heteroatoms. The summed E-state index contributed by atoms with van der Waals surface area (Å²) in [6.07, 6.45) is 1.22. The van der Waals surface area contributed by atoms with Gasteiger partial charge in [0.15, 0.2) is 0 Å². The van der Waals surface area contributed by atoms with Gasteiger partial charge >= 0.3 is 0 Å². The summed E-state index contributed by atoms with van der Waals surface area (Å²) in [4.78, 5) is 0. The summed E-state index contributed by atoms with van der Waals surface area (Å²) in [5, 5.41) is 9.03. The molecule has 0 bridgehead atoms. The van der Waals surface area contributed by atoms with Crippen molar-refractivity contribution in [3.05, 3.63) is 0 Å². The molecule has 12 heavy (non-hydrogen) atoms. The Hall–Kier alpha value is 0.230. The SMILES string of the molecule is COCO[C@@H]1CCSC[C@@H]1CO. The zero-order chi connectivity index (χ0) is 8.81. The van der Waals surface area contributed by atoms with Crippen LogP contribution in [0.2, 0.25) is 0 Å². The van der Waals surface area contributed by atoms with Gasteiger partial charge < -0.3 is 14.6 Å². The third-order valence-corrected chi connectivity index (χ3v) is 3.23. The Morgan fingerprint density at radius 2 is 2.42 bits per heavy atom. The Bertz CT molecular complexity index is 121. The number of ether oxygens (including phenoxy) is 2. The van der Waals surface area contributed by atoms with E-state index in [4.69, 9.17) is 14.6 Å². The van der Waals surface area contributed by atoms with E-state index in [0.717, 1.165) is 17.9 Å². The molecule has 0 amide bonds. The summed E-state index contributed by atoms with van der Waals surface area (Å²) in [7, 11) is 1.62. The molecule has 1 saturated heterocycles. The van der Waals surface area contributed by atoms with Crippen molar-refractivity contribution in [3.8, 4) is 0 Å². The molecule has 0 aliphatic carbocycles. The van der Waals surface area contributed by atoms with Crippen LogP contribution in [0.4, 0.5) is 0 Å². The molecule has 0 radical (unpaired) electrons. The number of aliphatic hydroxyl groups excluding tert-OH is 1. The lowest BCUT2D eigenvalue weighted by molar-refractivity contribution is -0.0956. The van der Waals surface area contributed by atoms with Crippen LogP contribution in [-0.2, 0) is 9.47 Å². The highest BCUT2D eigenvalue weighted by Crippen LogP contribution is 2.25. The highest BCUT2D eigenvalue weighted by Gasteiger charge is 2.25. The molecule has 72 valence electrons. The van der Waals surface area contributed by atoms with E-state index < -0.39 is 0 Å². The molecule has 0 spiro atoms. The second-order valence-electron chi connectivity index (χ2n) is 2.92. The fourth-order valence-electron chi connectivity index (χ4n) is 1.32. The lowest BCUT2D eigenvalue weighted by Gasteiger charge is -2.29. The van der Waals surface area contributed by atoms with Gasteiger partial charge in [0.1, 0.15) is 6.79 Å². The first-order valence-electron chi connectivity index (χ1n) is 4.17. The van der Waals surface area contributed by atoms with Crippen LogP contribution >= 0.6 is 11.8 Å². The summed E-state index contributed by atoms with van der Waals surface area (Å²) in [6.45, 7) is 0.563. The molecule has 0 aromatic rings. The fraction of sp³-hybridized carbons (Fsp3) is 1.00. The largest absolute Gasteiger partial charge is 0.396 e. The first kappa shape index (κ1) is 10.3. The third-order valence-electron chi connectivity index (χ3n) is 2.04. The van der Waals surface area contributed by atoms with Gasteiger partial charge in [-0.05, 0) is 12.2 Å². The first-order valence-corrected chi connectivity index (χ1v) is 5.33. The van der Waals surface area contributed by atoms with Crippen LogP contribution < -0.4 is 0 Å². The fourth-order valence-corrected chi connectivity index (χ4v) is 2.51. The molecule has 0 unspecified atom stereocenters. The molecule has 1 aliphatic heterocycles. The molecule has 0 aromatic carbocycles. The van der Waals surface area contributed by atoms with E-state index >= 15 is 0 Å². The molecular weight excluding hydrogens is 176 g/mol. The number of aliphatic hydroxyl groups is 1. The van der Waals surface area contributed by atoms with Crippen molar-refractivity contribution in [2.45, 2.75) is 12.5 Å². The quantitative estimate of drug-likeness (QED) is 0.666. The van der Waals surface area contributed by atoms with Gasteiger partial charge in [0, 0.05) is 25.4 Å². The second kappa shape index (κ2) is 5.80. The smallest absolute Gasteiger partial charge is 0.146 e. The van der Waals surface area contributed by atoms with E-state index in [0.29, 0.717) is 12.7 Å². The van der Waals surface area contributed by atoms with E-state index in [-0.39, 0.29) is 12.7 Å². The molecular formula is C8H16O3S. The predicted molar refractivity (Wildman–Crippen MR) is 49.3 cm³/mol. The van der Waals surface area contributed by atoms with Crippen molar-refractivity contribution in [2.75, 3.05) is 32.0 Å². The topological polar surface area (TPSA) is 38.7 Å². The molecule has 1 rings (SSSR count). The van der Waals surface area contributed by atoms with E-state index in [1.807, 2.05) is 11.8 Å². The van der Waals surface area contributed by atoms with Crippen molar-refractivity contribution < 1.29 is 14.6 Å². The first-order chi connectivity index (χ1) is 5.88. The molecule has 1 heterocycles. The van der Waals surface area contributed by atoms with Gasteiger partial charge in [0.2, 0.25) is 0 Å². The second-order valence-corrected chi connectivity index (χ2v) is 4.07. The Balaban J connectivity index is 2.26. The monoisotopic (exact) mass is 192 g/mol. The van der Waals surface area contributed by atoms with Crippen LogP contribution in [0.3, 0.4) is 0 Å². The van der Waals surface area contributed by atoms with Gasteiger partial charge in [-0.2, -0.15) is 11.8 Å². The van der Waals surface area contributed by atoms with Crippen molar-refractivity contribution in [3.63, 3.8) is 0 Å². The van der Waals surface area contributed by atoms with Gasteiger partial charge in [-0.1, -0.05) is 0 Å². The molecule has 1 aliphatic rings. The normalized spacial score (nSPS) is 30.5. The minimum absolute atomic E-state index is 0.191. The van der Waals surface area contributed by atoms with Crippen LogP contribution in [-0.4, -0.2) is 43.2 Å². The van der Waals surface area contributed by atoms with Crippen molar-refractivity contribution >= 4 is 11.8 Å². The average Bonchev–Trinajstić information content (AvgIpc) is 2.15.